The molecule has 1 saturated carbocycles. The van der Waals surface area contributed by atoms with Crippen molar-refractivity contribution in [2.24, 2.45) is 0 Å². The van der Waals surface area contributed by atoms with E-state index in [0.29, 0.717) is 29.6 Å². The zero-order valence-electron chi connectivity index (χ0n) is 11.7. The van der Waals surface area contributed by atoms with E-state index in [1.807, 2.05) is 19.2 Å². The maximum atomic E-state index is 12.5. The first-order valence-corrected chi connectivity index (χ1v) is 7.25. The maximum absolute atomic E-state index is 12.5. The molecule has 0 atom stereocenters. The molecule has 0 bridgehead atoms. The number of aromatic nitrogens is 2. The summed E-state index contributed by atoms with van der Waals surface area (Å²) < 4.78 is 1.69. The summed E-state index contributed by atoms with van der Waals surface area (Å²) in [7, 11) is 0. The molecular formula is C15H20N4O. The van der Waals surface area contributed by atoms with Crippen LogP contribution in [0.3, 0.4) is 0 Å². The third-order valence-electron chi connectivity index (χ3n) is 4.02. The molecule has 5 heteroatoms. The minimum Gasteiger partial charge on any atom is -0.384 e. The summed E-state index contributed by atoms with van der Waals surface area (Å²) in [5.41, 5.74) is 5.86. The SMILES string of the molecule is CCn1ccc2cc(N)nc(NC3CCCC3)c2c1=O. The van der Waals surface area contributed by atoms with Crippen LogP contribution in [0.1, 0.15) is 32.6 Å². The zero-order valence-corrected chi connectivity index (χ0v) is 11.7. The van der Waals surface area contributed by atoms with Crippen molar-refractivity contribution in [3.63, 3.8) is 0 Å². The quantitative estimate of drug-likeness (QED) is 0.899. The largest absolute Gasteiger partial charge is 0.384 e. The smallest absolute Gasteiger partial charge is 0.262 e. The van der Waals surface area contributed by atoms with Crippen molar-refractivity contribution in [2.75, 3.05) is 11.1 Å². The Morgan fingerprint density at radius 3 is 2.90 bits per heavy atom. The number of hydrogen-bond acceptors (Lipinski definition) is 4. The molecule has 2 heterocycles. The summed E-state index contributed by atoms with van der Waals surface area (Å²) in [5, 5.41) is 4.92. The van der Waals surface area contributed by atoms with Crippen LogP contribution in [0.2, 0.25) is 0 Å². The van der Waals surface area contributed by atoms with E-state index in [0.717, 1.165) is 18.2 Å². The summed E-state index contributed by atoms with van der Waals surface area (Å²) >= 11 is 0. The van der Waals surface area contributed by atoms with Gasteiger partial charge >= 0.3 is 0 Å². The molecule has 106 valence electrons. The van der Waals surface area contributed by atoms with Gasteiger partial charge in [0.2, 0.25) is 0 Å². The van der Waals surface area contributed by atoms with Gasteiger partial charge in [0, 0.05) is 18.8 Å². The third-order valence-corrected chi connectivity index (χ3v) is 4.02. The molecule has 2 aromatic heterocycles. The monoisotopic (exact) mass is 272 g/mol. The highest BCUT2D eigenvalue weighted by Gasteiger charge is 2.18. The fraction of sp³-hybridized carbons (Fsp3) is 0.467. The molecule has 3 N–H and O–H groups in total. The number of pyridine rings is 2. The number of nitrogens with zero attached hydrogens (tertiary/aromatic N) is 2. The number of nitrogen functional groups attached to an aromatic ring is 1. The highest BCUT2D eigenvalue weighted by molar-refractivity contribution is 5.92. The van der Waals surface area contributed by atoms with E-state index >= 15 is 0 Å². The highest BCUT2D eigenvalue weighted by atomic mass is 16.1. The number of aryl methyl sites for hydroxylation is 1. The van der Waals surface area contributed by atoms with Crippen molar-refractivity contribution in [1.82, 2.24) is 9.55 Å². The van der Waals surface area contributed by atoms with Crippen LogP contribution < -0.4 is 16.6 Å². The molecule has 2 aromatic rings. The average molecular weight is 272 g/mol. The van der Waals surface area contributed by atoms with Crippen molar-refractivity contribution in [3.8, 4) is 0 Å². The van der Waals surface area contributed by atoms with E-state index in [1.54, 1.807) is 10.6 Å². The van der Waals surface area contributed by atoms with E-state index in [2.05, 4.69) is 10.3 Å². The van der Waals surface area contributed by atoms with E-state index in [-0.39, 0.29) is 5.56 Å². The van der Waals surface area contributed by atoms with Gasteiger partial charge in [-0.2, -0.15) is 0 Å². The molecule has 0 radical (unpaired) electrons. The van der Waals surface area contributed by atoms with Crippen molar-refractivity contribution in [1.29, 1.82) is 0 Å². The number of nitrogens with two attached hydrogens (primary N) is 1. The van der Waals surface area contributed by atoms with Gasteiger partial charge in [-0.05, 0) is 37.3 Å². The minimum atomic E-state index is -0.00185. The molecular weight excluding hydrogens is 252 g/mol. The van der Waals surface area contributed by atoms with Gasteiger partial charge in [0.15, 0.2) is 0 Å². The molecule has 3 rings (SSSR count). The Morgan fingerprint density at radius 1 is 1.45 bits per heavy atom. The highest BCUT2D eigenvalue weighted by Crippen LogP contribution is 2.26. The fourth-order valence-electron chi connectivity index (χ4n) is 2.94. The van der Waals surface area contributed by atoms with Crippen LogP contribution in [0.25, 0.3) is 10.8 Å². The van der Waals surface area contributed by atoms with Crippen LogP contribution in [-0.4, -0.2) is 15.6 Å². The Kier molecular flexibility index (Phi) is 3.34. The number of nitrogens with one attached hydrogen (secondary N) is 1. The Morgan fingerprint density at radius 2 is 2.20 bits per heavy atom. The zero-order chi connectivity index (χ0) is 14.1. The van der Waals surface area contributed by atoms with Crippen molar-refractivity contribution in [2.45, 2.75) is 45.2 Å². The van der Waals surface area contributed by atoms with E-state index in [9.17, 15) is 4.79 Å². The summed E-state index contributed by atoms with van der Waals surface area (Å²) in [6, 6.07) is 4.09. The Hall–Kier alpha value is -2.04. The molecule has 5 nitrogen and oxygen atoms in total. The van der Waals surface area contributed by atoms with E-state index < -0.39 is 0 Å². The molecule has 0 saturated heterocycles. The van der Waals surface area contributed by atoms with E-state index in [4.69, 9.17) is 5.73 Å². The number of anilines is 2. The Bertz CT molecular complexity index is 686. The number of fused-ring (bicyclic) bond motifs is 1. The first-order chi connectivity index (χ1) is 9.69. The lowest BCUT2D eigenvalue weighted by atomic mass is 10.1. The standard InChI is InChI=1S/C15H20N4O/c1-2-19-8-7-10-9-12(16)18-14(13(10)15(19)20)17-11-5-3-4-6-11/h7-9,11H,2-6H2,1H3,(H3,16,17,18). The van der Waals surface area contributed by atoms with Gasteiger partial charge in [-0.1, -0.05) is 12.8 Å². The van der Waals surface area contributed by atoms with E-state index in [1.165, 1.54) is 12.8 Å². The predicted octanol–water partition coefficient (Wildman–Crippen LogP) is 2.35. The molecule has 0 amide bonds. The van der Waals surface area contributed by atoms with Crippen LogP contribution in [0.5, 0.6) is 0 Å². The Labute approximate surface area is 117 Å². The van der Waals surface area contributed by atoms with Crippen molar-refractivity contribution in [3.05, 3.63) is 28.7 Å². The second-order valence-electron chi connectivity index (χ2n) is 5.39. The fourth-order valence-corrected chi connectivity index (χ4v) is 2.94. The van der Waals surface area contributed by atoms with Gasteiger partial charge in [0.25, 0.3) is 5.56 Å². The molecule has 1 aliphatic rings. The van der Waals surface area contributed by atoms with Crippen LogP contribution in [0, 0.1) is 0 Å². The normalized spacial score (nSPS) is 15.8. The molecule has 1 aliphatic carbocycles. The summed E-state index contributed by atoms with van der Waals surface area (Å²) in [6.45, 7) is 2.62. The van der Waals surface area contributed by atoms with Crippen LogP contribution >= 0.6 is 0 Å². The van der Waals surface area contributed by atoms with Gasteiger partial charge < -0.3 is 15.6 Å². The van der Waals surface area contributed by atoms with Crippen LogP contribution in [0.15, 0.2) is 23.1 Å². The molecule has 0 spiro atoms. The predicted molar refractivity (Wildman–Crippen MR) is 82.0 cm³/mol. The second-order valence-corrected chi connectivity index (χ2v) is 5.39. The lowest BCUT2D eigenvalue weighted by molar-refractivity contribution is 0.732. The minimum absolute atomic E-state index is 0.00185. The molecule has 0 unspecified atom stereocenters. The van der Waals surface area contributed by atoms with Crippen LogP contribution in [0.4, 0.5) is 11.6 Å². The van der Waals surface area contributed by atoms with Crippen LogP contribution in [-0.2, 0) is 6.54 Å². The van der Waals surface area contributed by atoms with Gasteiger partial charge in [-0.25, -0.2) is 4.98 Å². The lowest BCUT2D eigenvalue weighted by Crippen LogP contribution is -2.22. The lowest BCUT2D eigenvalue weighted by Gasteiger charge is -2.15. The van der Waals surface area contributed by atoms with Gasteiger partial charge in [-0.15, -0.1) is 0 Å². The molecule has 1 fully saturated rings. The maximum Gasteiger partial charge on any atom is 0.262 e. The second kappa shape index (κ2) is 5.15. The number of rotatable bonds is 3. The van der Waals surface area contributed by atoms with Gasteiger partial charge in [0.1, 0.15) is 11.6 Å². The third kappa shape index (κ3) is 2.24. The first-order valence-electron chi connectivity index (χ1n) is 7.25. The van der Waals surface area contributed by atoms with Crippen molar-refractivity contribution < 1.29 is 0 Å². The summed E-state index contributed by atoms with van der Waals surface area (Å²) in [4.78, 5) is 16.9. The number of hydrogen-bond donors (Lipinski definition) is 2. The molecule has 20 heavy (non-hydrogen) atoms. The Balaban J connectivity index is 2.15. The topological polar surface area (TPSA) is 72.9 Å². The molecule has 0 aliphatic heterocycles. The average Bonchev–Trinajstić information content (AvgIpc) is 2.91. The van der Waals surface area contributed by atoms with Gasteiger partial charge in [0.05, 0.1) is 5.39 Å². The summed E-state index contributed by atoms with van der Waals surface area (Å²) in [5.74, 6) is 1.09. The molecule has 0 aromatic carbocycles. The summed E-state index contributed by atoms with van der Waals surface area (Å²) in [6.07, 6.45) is 6.54. The van der Waals surface area contributed by atoms with Crippen molar-refractivity contribution >= 4 is 22.4 Å². The van der Waals surface area contributed by atoms with Gasteiger partial charge in [-0.3, -0.25) is 4.79 Å². The first kappa shape index (κ1) is 13.0.